The summed E-state index contributed by atoms with van der Waals surface area (Å²) in [6.07, 6.45) is 6.71. The highest BCUT2D eigenvalue weighted by Crippen LogP contribution is 2.34. The van der Waals surface area contributed by atoms with E-state index in [1.807, 2.05) is 36.4 Å². The van der Waals surface area contributed by atoms with E-state index in [0.29, 0.717) is 30.3 Å². The number of allylic oxidation sites excluding steroid dienone is 1. The van der Waals surface area contributed by atoms with Crippen molar-refractivity contribution in [1.82, 2.24) is 0 Å². The van der Waals surface area contributed by atoms with Crippen LogP contribution >= 0.6 is 0 Å². The molecule has 0 aliphatic rings. The van der Waals surface area contributed by atoms with Crippen molar-refractivity contribution in [2.45, 2.75) is 19.8 Å². The van der Waals surface area contributed by atoms with Crippen molar-refractivity contribution < 1.29 is 14.3 Å². The minimum Gasteiger partial charge on any atom is -0.489 e. The van der Waals surface area contributed by atoms with Gasteiger partial charge in [0, 0.05) is 6.07 Å². The average Bonchev–Trinajstić information content (AvgIpc) is 2.69. The van der Waals surface area contributed by atoms with Gasteiger partial charge in [-0.15, -0.1) is 0 Å². The van der Waals surface area contributed by atoms with Crippen LogP contribution in [0.3, 0.4) is 0 Å². The van der Waals surface area contributed by atoms with Gasteiger partial charge in [0.2, 0.25) is 0 Å². The lowest BCUT2D eigenvalue weighted by molar-refractivity contribution is 0.104. The number of carbonyl (C=O) groups is 1. The molecule has 2 aromatic carbocycles. The van der Waals surface area contributed by atoms with E-state index in [-0.39, 0.29) is 11.7 Å². The van der Waals surface area contributed by atoms with E-state index in [9.17, 15) is 4.79 Å². The molecule has 0 unspecified atom stereocenters. The van der Waals surface area contributed by atoms with Crippen molar-refractivity contribution in [3.05, 3.63) is 90.5 Å². The van der Waals surface area contributed by atoms with E-state index >= 15 is 0 Å². The molecule has 2 aromatic rings. The van der Waals surface area contributed by atoms with Crippen molar-refractivity contribution in [2.24, 2.45) is 0 Å². The van der Waals surface area contributed by atoms with E-state index in [2.05, 4.69) is 27.0 Å². The van der Waals surface area contributed by atoms with Crippen LogP contribution in [0.4, 0.5) is 0 Å². The highest BCUT2D eigenvalue weighted by Gasteiger charge is 2.18. The summed E-state index contributed by atoms with van der Waals surface area (Å²) in [7, 11) is 0. The number of hydrogen-bond donors (Lipinski definition) is 0. The summed E-state index contributed by atoms with van der Waals surface area (Å²) in [4.78, 5) is 12.9. The summed E-state index contributed by atoms with van der Waals surface area (Å²) >= 11 is 0. The molecule has 0 bridgehead atoms. The third kappa shape index (κ3) is 5.71. The first-order valence-electron chi connectivity index (χ1n) is 8.99. The van der Waals surface area contributed by atoms with Gasteiger partial charge in [-0.05, 0) is 29.2 Å². The standard InChI is InChI=1S/C24H26O3/c1-5-14-26-23-17-24(27-15-6-2)21(16-20(23)18(3)4)22(25)13-12-19-10-8-7-9-11-19/h5-13,16-18H,1-2,14-15H2,3-4H3/b13-12+. The average molecular weight is 362 g/mol. The molecular weight excluding hydrogens is 336 g/mol. The fourth-order valence-corrected chi connectivity index (χ4v) is 2.59. The molecule has 2 rings (SSSR count). The zero-order chi connectivity index (χ0) is 19.6. The van der Waals surface area contributed by atoms with Gasteiger partial charge in [-0.1, -0.05) is 75.6 Å². The summed E-state index contributed by atoms with van der Waals surface area (Å²) in [5.74, 6) is 1.27. The second-order valence-corrected chi connectivity index (χ2v) is 6.35. The van der Waals surface area contributed by atoms with Crippen molar-refractivity contribution >= 4 is 11.9 Å². The molecule has 140 valence electrons. The molecule has 0 N–H and O–H groups in total. The van der Waals surface area contributed by atoms with Crippen molar-refractivity contribution in [2.75, 3.05) is 13.2 Å². The van der Waals surface area contributed by atoms with Crippen molar-refractivity contribution in [3.8, 4) is 11.5 Å². The van der Waals surface area contributed by atoms with E-state index < -0.39 is 0 Å². The normalized spacial score (nSPS) is 10.8. The number of benzene rings is 2. The second-order valence-electron chi connectivity index (χ2n) is 6.35. The Hall–Kier alpha value is -3.07. The first-order chi connectivity index (χ1) is 13.1. The predicted molar refractivity (Wildman–Crippen MR) is 112 cm³/mol. The largest absolute Gasteiger partial charge is 0.489 e. The molecule has 0 aliphatic carbocycles. The number of rotatable bonds is 10. The Bertz CT molecular complexity index is 817. The minimum absolute atomic E-state index is 0.116. The fraction of sp³-hybridized carbons (Fsp3) is 0.208. The third-order valence-corrected chi connectivity index (χ3v) is 3.94. The quantitative estimate of drug-likeness (QED) is 0.303. The number of hydrogen-bond acceptors (Lipinski definition) is 3. The summed E-state index contributed by atoms with van der Waals surface area (Å²) in [6.45, 7) is 12.2. The Morgan fingerprint density at radius 3 is 2.22 bits per heavy atom. The van der Waals surface area contributed by atoms with Crippen LogP contribution in [0.5, 0.6) is 11.5 Å². The van der Waals surface area contributed by atoms with Gasteiger partial charge >= 0.3 is 0 Å². The van der Waals surface area contributed by atoms with Crippen molar-refractivity contribution in [3.63, 3.8) is 0 Å². The SMILES string of the molecule is C=CCOc1cc(OCC=C)c(C(C)C)cc1C(=O)/C=C/c1ccccc1. The first-order valence-corrected chi connectivity index (χ1v) is 8.99. The highest BCUT2D eigenvalue weighted by molar-refractivity contribution is 6.09. The predicted octanol–water partition coefficient (Wildman–Crippen LogP) is 5.84. The van der Waals surface area contributed by atoms with E-state index in [1.165, 1.54) is 0 Å². The summed E-state index contributed by atoms with van der Waals surface area (Å²) in [5, 5.41) is 0. The molecule has 0 atom stereocenters. The second kappa shape index (κ2) is 10.2. The van der Waals surface area contributed by atoms with Crippen LogP contribution in [0, 0.1) is 0 Å². The molecule has 0 aromatic heterocycles. The number of carbonyl (C=O) groups excluding carboxylic acids is 1. The molecule has 0 amide bonds. The molecule has 0 radical (unpaired) electrons. The summed E-state index contributed by atoms with van der Waals surface area (Å²) < 4.78 is 11.5. The van der Waals surface area contributed by atoms with Gasteiger partial charge in [-0.3, -0.25) is 4.79 Å². The molecule has 0 aliphatic heterocycles. The number of ether oxygens (including phenoxy) is 2. The highest BCUT2D eigenvalue weighted by atomic mass is 16.5. The Morgan fingerprint density at radius 2 is 1.63 bits per heavy atom. The Labute approximate surface area is 161 Å². The molecule has 0 heterocycles. The third-order valence-electron chi connectivity index (χ3n) is 3.94. The first kappa shape index (κ1) is 20.2. The van der Waals surface area contributed by atoms with Crippen molar-refractivity contribution in [1.29, 1.82) is 0 Å². The van der Waals surface area contributed by atoms with Crippen LogP contribution in [0.25, 0.3) is 6.08 Å². The summed E-state index contributed by atoms with van der Waals surface area (Å²) in [6, 6.07) is 13.4. The zero-order valence-corrected chi connectivity index (χ0v) is 16.0. The summed E-state index contributed by atoms with van der Waals surface area (Å²) in [5.41, 5.74) is 2.44. The van der Waals surface area contributed by atoms with E-state index in [4.69, 9.17) is 9.47 Å². The fourth-order valence-electron chi connectivity index (χ4n) is 2.59. The van der Waals surface area contributed by atoms with Crippen LogP contribution < -0.4 is 9.47 Å². The monoisotopic (exact) mass is 362 g/mol. The maximum absolute atomic E-state index is 12.9. The topological polar surface area (TPSA) is 35.5 Å². The van der Waals surface area contributed by atoms with Gasteiger partial charge in [-0.2, -0.15) is 0 Å². The lowest BCUT2D eigenvalue weighted by atomic mass is 9.96. The van der Waals surface area contributed by atoms with Crippen LogP contribution in [-0.2, 0) is 0 Å². The molecular formula is C24H26O3. The van der Waals surface area contributed by atoms with Gasteiger partial charge < -0.3 is 9.47 Å². The lowest BCUT2D eigenvalue weighted by Gasteiger charge is -2.17. The van der Waals surface area contributed by atoms with E-state index in [0.717, 1.165) is 11.1 Å². The molecule has 0 fully saturated rings. The lowest BCUT2D eigenvalue weighted by Crippen LogP contribution is -2.07. The van der Waals surface area contributed by atoms with E-state index in [1.54, 1.807) is 30.4 Å². The van der Waals surface area contributed by atoms with Gasteiger partial charge in [-0.25, -0.2) is 0 Å². The van der Waals surface area contributed by atoms with Crippen LogP contribution in [-0.4, -0.2) is 19.0 Å². The number of ketones is 1. The molecule has 3 nitrogen and oxygen atoms in total. The van der Waals surface area contributed by atoms with Crippen LogP contribution in [0.1, 0.15) is 41.3 Å². The molecule has 27 heavy (non-hydrogen) atoms. The Morgan fingerprint density at radius 1 is 1.00 bits per heavy atom. The molecule has 3 heteroatoms. The maximum atomic E-state index is 12.9. The van der Waals surface area contributed by atoms with Gasteiger partial charge in [0.25, 0.3) is 0 Å². The Kier molecular flexibility index (Phi) is 7.63. The van der Waals surface area contributed by atoms with Gasteiger partial charge in [0.05, 0.1) is 5.56 Å². The molecule has 0 spiro atoms. The minimum atomic E-state index is -0.116. The van der Waals surface area contributed by atoms with Gasteiger partial charge in [0.1, 0.15) is 24.7 Å². The van der Waals surface area contributed by atoms with Crippen LogP contribution in [0.15, 0.2) is 73.9 Å². The zero-order valence-electron chi connectivity index (χ0n) is 16.0. The molecule has 0 saturated carbocycles. The smallest absolute Gasteiger partial charge is 0.189 e. The van der Waals surface area contributed by atoms with Gasteiger partial charge in [0.15, 0.2) is 5.78 Å². The maximum Gasteiger partial charge on any atom is 0.189 e. The molecule has 0 saturated heterocycles. The van der Waals surface area contributed by atoms with Crippen LogP contribution in [0.2, 0.25) is 0 Å². The Balaban J connectivity index is 2.42.